The van der Waals surface area contributed by atoms with Crippen LogP contribution in [0.25, 0.3) is 0 Å². The molecule has 1 atom stereocenters. The zero-order valence-electron chi connectivity index (χ0n) is 19.2. The number of thioether (sulfide) groups is 1. The fourth-order valence-corrected chi connectivity index (χ4v) is 4.35. The third-order valence-electron chi connectivity index (χ3n) is 4.77. The Bertz CT molecular complexity index is 880. The van der Waals surface area contributed by atoms with Crippen LogP contribution in [-0.4, -0.2) is 34.0 Å². The standard InChI is InChI=1S/C25H32Cl2N2O2S/c1-5-22(24(31)28-25(2,3)4)29(17-18-8-10-19(26)11-9-18)23(30)7-6-16-32-21-14-12-20(27)13-15-21/h8-15,22H,5-7,16-17H2,1-4H3,(H,28,31)/t22-/m1/s1. The summed E-state index contributed by atoms with van der Waals surface area (Å²) in [5, 5.41) is 4.38. The van der Waals surface area contributed by atoms with Crippen LogP contribution in [0, 0.1) is 0 Å². The number of hydrogen-bond acceptors (Lipinski definition) is 3. The zero-order valence-corrected chi connectivity index (χ0v) is 21.5. The molecule has 4 nitrogen and oxygen atoms in total. The van der Waals surface area contributed by atoms with Crippen molar-refractivity contribution in [2.75, 3.05) is 5.75 Å². The Kier molecular flexibility index (Phi) is 10.4. The van der Waals surface area contributed by atoms with E-state index in [1.165, 1.54) is 0 Å². The van der Waals surface area contributed by atoms with Gasteiger partial charge in [0.15, 0.2) is 0 Å². The number of nitrogens with zero attached hydrogens (tertiary/aromatic N) is 1. The molecule has 174 valence electrons. The molecule has 0 aliphatic carbocycles. The van der Waals surface area contributed by atoms with E-state index in [2.05, 4.69) is 5.32 Å². The smallest absolute Gasteiger partial charge is 0.243 e. The van der Waals surface area contributed by atoms with Gasteiger partial charge in [-0.05, 0) is 81.3 Å². The number of rotatable bonds is 10. The highest BCUT2D eigenvalue weighted by molar-refractivity contribution is 7.99. The van der Waals surface area contributed by atoms with Crippen molar-refractivity contribution in [1.29, 1.82) is 0 Å². The molecule has 0 unspecified atom stereocenters. The van der Waals surface area contributed by atoms with Gasteiger partial charge in [-0.2, -0.15) is 0 Å². The SMILES string of the molecule is CC[C@H](C(=O)NC(C)(C)C)N(Cc1ccc(Cl)cc1)C(=O)CCCSc1ccc(Cl)cc1. The maximum atomic E-state index is 13.2. The van der Waals surface area contributed by atoms with Crippen LogP contribution in [-0.2, 0) is 16.1 Å². The first-order valence-electron chi connectivity index (χ1n) is 10.8. The molecule has 32 heavy (non-hydrogen) atoms. The largest absolute Gasteiger partial charge is 0.350 e. The Morgan fingerprint density at radius 1 is 1.00 bits per heavy atom. The van der Waals surface area contributed by atoms with Crippen LogP contribution in [0.2, 0.25) is 10.0 Å². The van der Waals surface area contributed by atoms with Gasteiger partial charge in [0.1, 0.15) is 6.04 Å². The first-order valence-corrected chi connectivity index (χ1v) is 12.6. The van der Waals surface area contributed by atoms with E-state index >= 15 is 0 Å². The molecular formula is C25H32Cl2N2O2S. The molecule has 0 spiro atoms. The highest BCUT2D eigenvalue weighted by Crippen LogP contribution is 2.22. The summed E-state index contributed by atoms with van der Waals surface area (Å²) in [7, 11) is 0. The van der Waals surface area contributed by atoms with Crippen LogP contribution in [0.5, 0.6) is 0 Å². The molecule has 0 radical (unpaired) electrons. The molecule has 0 aromatic heterocycles. The minimum absolute atomic E-state index is 0.0208. The molecule has 0 heterocycles. The molecule has 2 aromatic rings. The van der Waals surface area contributed by atoms with Gasteiger partial charge >= 0.3 is 0 Å². The van der Waals surface area contributed by atoms with Crippen molar-refractivity contribution in [3.05, 3.63) is 64.1 Å². The Hall–Kier alpha value is -1.69. The van der Waals surface area contributed by atoms with Crippen LogP contribution in [0.4, 0.5) is 0 Å². The summed E-state index contributed by atoms with van der Waals surface area (Å²) in [6.07, 6.45) is 1.65. The molecule has 2 aromatic carbocycles. The fraction of sp³-hybridized carbons (Fsp3) is 0.440. The lowest BCUT2D eigenvalue weighted by Gasteiger charge is -2.33. The topological polar surface area (TPSA) is 49.4 Å². The molecule has 2 rings (SSSR count). The van der Waals surface area contributed by atoms with Crippen LogP contribution in [0.15, 0.2) is 53.4 Å². The monoisotopic (exact) mass is 494 g/mol. The van der Waals surface area contributed by atoms with Crippen LogP contribution in [0.3, 0.4) is 0 Å². The summed E-state index contributed by atoms with van der Waals surface area (Å²) in [5.41, 5.74) is 0.578. The maximum absolute atomic E-state index is 13.2. The van der Waals surface area contributed by atoms with Gasteiger partial charge in [-0.3, -0.25) is 9.59 Å². The highest BCUT2D eigenvalue weighted by atomic mass is 35.5. The number of nitrogens with one attached hydrogen (secondary N) is 1. The van der Waals surface area contributed by atoms with Gasteiger partial charge in [0.2, 0.25) is 11.8 Å². The zero-order chi connectivity index (χ0) is 23.7. The predicted molar refractivity (Wildman–Crippen MR) is 135 cm³/mol. The van der Waals surface area contributed by atoms with E-state index in [9.17, 15) is 9.59 Å². The molecule has 0 bridgehead atoms. The molecule has 1 N–H and O–H groups in total. The second kappa shape index (κ2) is 12.5. The third kappa shape index (κ3) is 9.05. The minimum Gasteiger partial charge on any atom is -0.350 e. The van der Waals surface area contributed by atoms with Crippen molar-refractivity contribution < 1.29 is 9.59 Å². The summed E-state index contributed by atoms with van der Waals surface area (Å²) in [6, 6.07) is 14.6. The number of carbonyl (C=O) groups is 2. The normalized spacial score (nSPS) is 12.3. The second-order valence-corrected chi connectivity index (χ2v) is 10.8. The van der Waals surface area contributed by atoms with Gasteiger partial charge in [0.25, 0.3) is 0 Å². The predicted octanol–water partition coefficient (Wildman–Crippen LogP) is 6.59. The van der Waals surface area contributed by atoms with Gasteiger partial charge < -0.3 is 10.2 Å². The Morgan fingerprint density at radius 2 is 1.56 bits per heavy atom. The molecule has 0 saturated heterocycles. The lowest BCUT2D eigenvalue weighted by molar-refractivity contribution is -0.142. The van der Waals surface area contributed by atoms with E-state index in [0.717, 1.165) is 22.6 Å². The van der Waals surface area contributed by atoms with Gasteiger partial charge in [0, 0.05) is 33.4 Å². The average Bonchev–Trinajstić information content (AvgIpc) is 2.72. The van der Waals surface area contributed by atoms with Crippen molar-refractivity contribution in [2.24, 2.45) is 0 Å². The fourth-order valence-electron chi connectivity index (χ4n) is 3.25. The number of carbonyl (C=O) groups excluding carboxylic acids is 2. The third-order valence-corrected chi connectivity index (χ3v) is 6.37. The molecule has 0 fully saturated rings. The maximum Gasteiger partial charge on any atom is 0.243 e. The van der Waals surface area contributed by atoms with Gasteiger partial charge in [-0.1, -0.05) is 42.3 Å². The first kappa shape index (κ1) is 26.6. The molecule has 2 amide bonds. The van der Waals surface area contributed by atoms with Gasteiger partial charge in [0.05, 0.1) is 0 Å². The quantitative estimate of drug-likeness (QED) is 0.299. The van der Waals surface area contributed by atoms with E-state index in [1.54, 1.807) is 28.8 Å². The van der Waals surface area contributed by atoms with E-state index < -0.39 is 6.04 Å². The van der Waals surface area contributed by atoms with Gasteiger partial charge in [-0.25, -0.2) is 0 Å². The highest BCUT2D eigenvalue weighted by Gasteiger charge is 2.30. The molecule has 7 heteroatoms. The summed E-state index contributed by atoms with van der Waals surface area (Å²) in [6.45, 7) is 8.13. The molecule has 0 aliphatic heterocycles. The summed E-state index contributed by atoms with van der Waals surface area (Å²) in [4.78, 5) is 29.0. The van der Waals surface area contributed by atoms with Crippen LogP contribution in [0.1, 0.15) is 52.5 Å². The number of benzene rings is 2. The van der Waals surface area contributed by atoms with Crippen LogP contribution < -0.4 is 5.32 Å². The Morgan fingerprint density at radius 3 is 2.09 bits per heavy atom. The van der Waals surface area contributed by atoms with E-state index in [0.29, 0.717) is 29.4 Å². The molecule has 0 aliphatic rings. The Labute approximate surface area is 206 Å². The van der Waals surface area contributed by atoms with E-state index in [-0.39, 0.29) is 17.4 Å². The lowest BCUT2D eigenvalue weighted by atomic mass is 10.0. The van der Waals surface area contributed by atoms with Crippen molar-refractivity contribution in [3.63, 3.8) is 0 Å². The summed E-state index contributed by atoms with van der Waals surface area (Å²) >= 11 is 13.6. The second-order valence-electron chi connectivity index (χ2n) is 8.72. The lowest BCUT2D eigenvalue weighted by Crippen LogP contribution is -2.53. The summed E-state index contributed by atoms with van der Waals surface area (Å²) in [5.74, 6) is 0.665. The van der Waals surface area contributed by atoms with Crippen molar-refractivity contribution in [1.82, 2.24) is 10.2 Å². The van der Waals surface area contributed by atoms with Crippen LogP contribution >= 0.6 is 35.0 Å². The molecule has 0 saturated carbocycles. The number of halogens is 2. The number of hydrogen-bond donors (Lipinski definition) is 1. The van der Waals surface area contributed by atoms with Crippen molar-refractivity contribution in [3.8, 4) is 0 Å². The number of amides is 2. The van der Waals surface area contributed by atoms with E-state index in [1.807, 2.05) is 64.1 Å². The Balaban J connectivity index is 2.07. The van der Waals surface area contributed by atoms with Crippen molar-refractivity contribution >= 4 is 46.8 Å². The summed E-state index contributed by atoms with van der Waals surface area (Å²) < 4.78 is 0. The first-order chi connectivity index (χ1) is 15.1. The van der Waals surface area contributed by atoms with Gasteiger partial charge in [-0.15, -0.1) is 11.8 Å². The average molecular weight is 496 g/mol. The minimum atomic E-state index is -0.527. The van der Waals surface area contributed by atoms with E-state index in [4.69, 9.17) is 23.2 Å². The molecular weight excluding hydrogens is 463 g/mol. The van der Waals surface area contributed by atoms with Crippen molar-refractivity contribution in [2.45, 2.75) is 70.0 Å².